The molecule has 0 heterocycles. The Morgan fingerprint density at radius 2 is 2.04 bits per heavy atom. The molecule has 0 amide bonds. The van der Waals surface area contributed by atoms with Crippen molar-refractivity contribution in [1.82, 2.24) is 4.72 Å². The number of rotatable bonds is 8. The summed E-state index contributed by atoms with van der Waals surface area (Å²) in [5.41, 5.74) is -0.289. The van der Waals surface area contributed by atoms with Crippen LogP contribution in [0.15, 0.2) is 39.2 Å². The maximum Gasteiger partial charge on any atom is 0.302 e. The van der Waals surface area contributed by atoms with Gasteiger partial charge in [-0.3, -0.25) is 14.9 Å². The summed E-state index contributed by atoms with van der Waals surface area (Å²) in [5, 5.41) is 20.2. The number of nitrogens with one attached hydrogen (secondary N) is 1. The van der Waals surface area contributed by atoms with E-state index in [0.29, 0.717) is 0 Å². The molecule has 24 heavy (non-hydrogen) atoms. The Hall–Kier alpha value is -1.82. The number of nitro benzene ring substituents is 1. The van der Waals surface area contributed by atoms with Crippen LogP contribution in [0.2, 0.25) is 0 Å². The summed E-state index contributed by atoms with van der Waals surface area (Å²) >= 11 is 3.09. The quantitative estimate of drug-likeness (QED) is 0.363. The van der Waals surface area contributed by atoms with Crippen molar-refractivity contribution in [2.75, 3.05) is 19.8 Å². The Kier molecular flexibility index (Phi) is 7.48. The highest BCUT2D eigenvalue weighted by Crippen LogP contribution is 2.23. The maximum atomic E-state index is 12.2. The number of nitro groups is 1. The molecule has 0 fully saturated rings. The number of carbonyl (C=O) groups is 1. The lowest BCUT2D eigenvalue weighted by Crippen LogP contribution is -2.26. The normalized spacial score (nSPS) is 12.5. The van der Waals surface area contributed by atoms with Crippen molar-refractivity contribution in [1.29, 1.82) is 0 Å². The number of nitrogens with zero attached hydrogens (tertiary/aromatic N) is 1. The molecule has 0 aliphatic heterocycles. The van der Waals surface area contributed by atoms with Crippen molar-refractivity contribution in [2.45, 2.75) is 11.8 Å². The van der Waals surface area contributed by atoms with Crippen LogP contribution in [0.1, 0.15) is 6.92 Å². The Bertz CT molecular complexity index is 761. The van der Waals surface area contributed by atoms with E-state index in [0.717, 1.165) is 12.1 Å². The third-order valence-corrected chi connectivity index (χ3v) is 5.08. The first-order valence-corrected chi connectivity index (χ1v) is 8.80. The molecular formula is C13H15BrN2O7S. The fraction of sp³-hybridized carbons (Fsp3) is 0.308. The number of esters is 1. The van der Waals surface area contributed by atoms with Crippen molar-refractivity contribution >= 4 is 37.6 Å². The smallest absolute Gasteiger partial charge is 0.302 e. The SMILES string of the molecule is CC(=O)OC/C(CO)=C(/Br)CNS(=O)(=O)c1ccccc1[N+](=O)[O-]. The zero-order valence-corrected chi connectivity index (χ0v) is 15.0. The summed E-state index contributed by atoms with van der Waals surface area (Å²) in [4.78, 5) is 20.4. The standard InChI is InChI=1S/C13H15BrN2O7S/c1-9(18)23-8-10(7-17)11(14)6-15-24(21,22)13-5-3-2-4-12(13)16(19)20/h2-5,15,17H,6-8H2,1H3/b11-10+. The minimum Gasteiger partial charge on any atom is -0.461 e. The van der Waals surface area contributed by atoms with Gasteiger partial charge in [-0.1, -0.05) is 28.1 Å². The number of benzene rings is 1. The molecule has 1 aromatic rings. The van der Waals surface area contributed by atoms with E-state index in [2.05, 4.69) is 20.7 Å². The van der Waals surface area contributed by atoms with Crippen molar-refractivity contribution in [3.8, 4) is 0 Å². The van der Waals surface area contributed by atoms with E-state index in [1.165, 1.54) is 19.1 Å². The summed E-state index contributed by atoms with van der Waals surface area (Å²) in [6.45, 7) is 0.256. The zero-order chi connectivity index (χ0) is 18.3. The predicted molar refractivity (Wildman–Crippen MR) is 88.0 cm³/mol. The maximum absolute atomic E-state index is 12.2. The van der Waals surface area contributed by atoms with Crippen LogP contribution >= 0.6 is 15.9 Å². The van der Waals surface area contributed by atoms with E-state index in [-0.39, 0.29) is 23.2 Å². The number of halogens is 1. The van der Waals surface area contributed by atoms with Crippen LogP contribution in [0.25, 0.3) is 0 Å². The van der Waals surface area contributed by atoms with E-state index >= 15 is 0 Å². The Balaban J connectivity index is 2.96. The molecule has 0 spiro atoms. The van der Waals surface area contributed by atoms with Crippen molar-refractivity contribution < 1.29 is 28.0 Å². The molecule has 0 aliphatic rings. The van der Waals surface area contributed by atoms with E-state index in [1.807, 2.05) is 0 Å². The van der Waals surface area contributed by atoms with Crippen LogP contribution in [0, 0.1) is 10.1 Å². The molecule has 0 unspecified atom stereocenters. The lowest BCUT2D eigenvalue weighted by Gasteiger charge is -2.10. The zero-order valence-electron chi connectivity index (χ0n) is 12.6. The van der Waals surface area contributed by atoms with Gasteiger partial charge < -0.3 is 9.84 Å². The second kappa shape index (κ2) is 8.87. The lowest BCUT2D eigenvalue weighted by atomic mass is 10.3. The Morgan fingerprint density at radius 3 is 2.58 bits per heavy atom. The van der Waals surface area contributed by atoms with Crippen molar-refractivity contribution in [2.24, 2.45) is 0 Å². The number of hydrogen-bond donors (Lipinski definition) is 2. The average Bonchev–Trinajstić information content (AvgIpc) is 2.53. The van der Waals surface area contributed by atoms with Gasteiger partial charge in [0, 0.05) is 29.6 Å². The van der Waals surface area contributed by atoms with E-state index in [4.69, 9.17) is 4.74 Å². The number of ether oxygens (including phenoxy) is 1. The summed E-state index contributed by atoms with van der Waals surface area (Å²) in [5.74, 6) is -0.554. The number of para-hydroxylation sites is 1. The van der Waals surface area contributed by atoms with Crippen LogP contribution in [-0.4, -0.2) is 44.2 Å². The molecule has 0 atom stereocenters. The number of sulfonamides is 1. The van der Waals surface area contributed by atoms with Crippen LogP contribution in [-0.2, 0) is 19.6 Å². The highest BCUT2D eigenvalue weighted by molar-refractivity contribution is 9.11. The summed E-state index contributed by atoms with van der Waals surface area (Å²) < 4.78 is 31.6. The van der Waals surface area contributed by atoms with Crippen molar-refractivity contribution in [3.05, 3.63) is 44.4 Å². The highest BCUT2D eigenvalue weighted by atomic mass is 79.9. The molecule has 1 rings (SSSR count). The van der Waals surface area contributed by atoms with Gasteiger partial charge in [0.15, 0.2) is 4.90 Å². The van der Waals surface area contributed by atoms with E-state index in [9.17, 15) is 28.4 Å². The molecular weight excluding hydrogens is 408 g/mol. The first-order chi connectivity index (χ1) is 11.2. The van der Waals surface area contributed by atoms with Gasteiger partial charge in [-0.05, 0) is 6.07 Å². The molecule has 1 aromatic carbocycles. The number of hydrogen-bond acceptors (Lipinski definition) is 7. The number of aliphatic hydroxyl groups is 1. The minimum atomic E-state index is -4.15. The minimum absolute atomic E-state index is 0.209. The molecule has 0 aliphatic carbocycles. The van der Waals surface area contributed by atoms with Gasteiger partial charge in [-0.25, -0.2) is 13.1 Å². The topological polar surface area (TPSA) is 136 Å². The molecule has 11 heteroatoms. The number of aliphatic hydroxyl groups excluding tert-OH is 1. The second-order valence-electron chi connectivity index (χ2n) is 4.50. The van der Waals surface area contributed by atoms with Gasteiger partial charge in [0.2, 0.25) is 10.0 Å². The van der Waals surface area contributed by atoms with Gasteiger partial charge >= 0.3 is 5.97 Å². The fourth-order valence-electron chi connectivity index (χ4n) is 1.59. The van der Waals surface area contributed by atoms with Gasteiger partial charge in [0.25, 0.3) is 5.69 Å². The largest absolute Gasteiger partial charge is 0.461 e. The summed E-state index contributed by atoms with van der Waals surface area (Å²) in [6, 6.07) is 4.92. The van der Waals surface area contributed by atoms with Gasteiger partial charge in [0.1, 0.15) is 6.61 Å². The van der Waals surface area contributed by atoms with Gasteiger partial charge in [-0.15, -0.1) is 0 Å². The van der Waals surface area contributed by atoms with Gasteiger partial charge in [-0.2, -0.15) is 0 Å². The Labute approximate surface area is 146 Å². The van der Waals surface area contributed by atoms with Crippen molar-refractivity contribution in [3.63, 3.8) is 0 Å². The molecule has 0 bridgehead atoms. The first-order valence-electron chi connectivity index (χ1n) is 6.52. The third-order valence-electron chi connectivity index (χ3n) is 2.79. The Morgan fingerprint density at radius 1 is 1.42 bits per heavy atom. The third kappa shape index (κ3) is 5.67. The second-order valence-corrected chi connectivity index (χ2v) is 7.19. The summed E-state index contributed by atoms with van der Waals surface area (Å²) in [6.07, 6.45) is 0. The van der Waals surface area contributed by atoms with Crippen LogP contribution in [0.3, 0.4) is 0 Å². The fourth-order valence-corrected chi connectivity index (χ4v) is 3.33. The van der Waals surface area contributed by atoms with Crippen LogP contribution < -0.4 is 4.72 Å². The molecule has 0 saturated carbocycles. The molecule has 0 saturated heterocycles. The number of carbonyl (C=O) groups excluding carboxylic acids is 1. The molecule has 132 valence electrons. The molecule has 9 nitrogen and oxygen atoms in total. The first kappa shape index (κ1) is 20.2. The molecule has 0 aromatic heterocycles. The monoisotopic (exact) mass is 422 g/mol. The molecule has 0 radical (unpaired) electrons. The van der Waals surface area contributed by atoms with Crippen LogP contribution in [0.4, 0.5) is 5.69 Å². The summed E-state index contributed by atoms with van der Waals surface area (Å²) in [7, 11) is -4.15. The average molecular weight is 423 g/mol. The van der Waals surface area contributed by atoms with E-state index < -0.39 is 38.1 Å². The van der Waals surface area contributed by atoms with Gasteiger partial charge in [0.05, 0.1) is 11.5 Å². The predicted octanol–water partition coefficient (Wildman–Crippen LogP) is 1.08. The molecule has 2 N–H and O–H groups in total. The lowest BCUT2D eigenvalue weighted by molar-refractivity contribution is -0.387. The van der Waals surface area contributed by atoms with Crippen LogP contribution in [0.5, 0.6) is 0 Å². The van der Waals surface area contributed by atoms with E-state index in [1.54, 1.807) is 0 Å². The highest BCUT2D eigenvalue weighted by Gasteiger charge is 2.25.